The molecule has 0 aliphatic heterocycles. The van der Waals surface area contributed by atoms with Crippen LogP contribution in [0, 0.1) is 0 Å². The molecule has 0 heterocycles. The third-order valence-corrected chi connectivity index (χ3v) is 6.02. The molecular formula is C30H32N2O4. The number of methoxy groups -OCH3 is 2. The summed E-state index contributed by atoms with van der Waals surface area (Å²) in [7, 11) is 3.26. The summed E-state index contributed by atoms with van der Waals surface area (Å²) in [5, 5.41) is 0. The quantitative estimate of drug-likeness (QED) is 0.282. The van der Waals surface area contributed by atoms with Crippen LogP contribution in [0.15, 0.2) is 97.1 Å². The number of hydrogen-bond donors (Lipinski definition) is 2. The molecule has 0 bridgehead atoms. The van der Waals surface area contributed by atoms with Gasteiger partial charge in [0, 0.05) is 23.3 Å². The van der Waals surface area contributed by atoms with Gasteiger partial charge in [0.05, 0.1) is 26.3 Å². The van der Waals surface area contributed by atoms with Crippen molar-refractivity contribution < 1.29 is 18.9 Å². The molecule has 0 fully saturated rings. The summed E-state index contributed by atoms with van der Waals surface area (Å²) in [6.07, 6.45) is 0. The van der Waals surface area contributed by atoms with Crippen molar-refractivity contribution in [2.75, 3.05) is 27.4 Å². The van der Waals surface area contributed by atoms with E-state index in [0.29, 0.717) is 36.2 Å². The Labute approximate surface area is 212 Å². The van der Waals surface area contributed by atoms with Crippen LogP contribution in [0.25, 0.3) is 0 Å². The molecule has 6 heteroatoms. The summed E-state index contributed by atoms with van der Waals surface area (Å²) < 4.78 is 22.9. The number of rotatable bonds is 11. The Balaban J connectivity index is 1.35. The Morgan fingerprint density at radius 3 is 1.31 bits per heavy atom. The topological polar surface area (TPSA) is 89.0 Å². The lowest BCUT2D eigenvalue weighted by Crippen LogP contribution is -2.14. The minimum absolute atomic E-state index is 0.286. The fourth-order valence-corrected chi connectivity index (χ4v) is 4.08. The molecule has 0 aliphatic carbocycles. The van der Waals surface area contributed by atoms with Crippen LogP contribution < -0.4 is 30.4 Å². The van der Waals surface area contributed by atoms with Crippen LogP contribution in [0.3, 0.4) is 0 Å². The summed E-state index contributed by atoms with van der Waals surface area (Å²) in [6, 6.07) is 30.6. The lowest BCUT2D eigenvalue weighted by molar-refractivity contribution is 0.216. The Morgan fingerprint density at radius 1 is 0.556 bits per heavy atom. The van der Waals surface area contributed by atoms with Gasteiger partial charge in [-0.3, -0.25) is 0 Å². The van der Waals surface area contributed by atoms with E-state index in [9.17, 15) is 0 Å². The smallest absolute Gasteiger partial charge is 0.127 e. The maximum absolute atomic E-state index is 6.46. The van der Waals surface area contributed by atoms with E-state index in [1.807, 2.05) is 97.1 Å². The molecule has 0 aromatic heterocycles. The first-order valence-corrected chi connectivity index (χ1v) is 11.8. The van der Waals surface area contributed by atoms with Crippen molar-refractivity contribution >= 4 is 0 Å². The van der Waals surface area contributed by atoms with E-state index in [1.165, 1.54) is 0 Å². The van der Waals surface area contributed by atoms with E-state index in [1.54, 1.807) is 14.2 Å². The minimum Gasteiger partial charge on any atom is -0.496 e. The van der Waals surface area contributed by atoms with Gasteiger partial charge in [-0.25, -0.2) is 0 Å². The highest BCUT2D eigenvalue weighted by Crippen LogP contribution is 2.33. The van der Waals surface area contributed by atoms with Gasteiger partial charge in [-0.1, -0.05) is 60.7 Å². The van der Waals surface area contributed by atoms with Crippen LogP contribution >= 0.6 is 0 Å². The van der Waals surface area contributed by atoms with Crippen molar-refractivity contribution in [3.8, 4) is 23.0 Å². The average Bonchev–Trinajstić information content (AvgIpc) is 2.95. The van der Waals surface area contributed by atoms with Crippen LogP contribution in [0.4, 0.5) is 0 Å². The molecule has 2 atom stereocenters. The van der Waals surface area contributed by atoms with Gasteiger partial charge in [0.25, 0.3) is 0 Å². The van der Waals surface area contributed by atoms with E-state index < -0.39 is 0 Å². The molecule has 186 valence electrons. The fourth-order valence-electron chi connectivity index (χ4n) is 4.08. The van der Waals surface area contributed by atoms with Crippen molar-refractivity contribution in [2.45, 2.75) is 12.1 Å². The molecule has 6 nitrogen and oxygen atoms in total. The van der Waals surface area contributed by atoms with Crippen molar-refractivity contribution in [3.05, 3.63) is 119 Å². The van der Waals surface area contributed by atoms with Crippen LogP contribution in [0.5, 0.6) is 23.0 Å². The van der Waals surface area contributed by atoms with E-state index >= 15 is 0 Å². The van der Waals surface area contributed by atoms with Gasteiger partial charge in [-0.2, -0.15) is 0 Å². The molecule has 4 aromatic rings. The molecule has 2 unspecified atom stereocenters. The van der Waals surface area contributed by atoms with Crippen LogP contribution in [-0.2, 0) is 0 Å². The lowest BCUT2D eigenvalue weighted by atomic mass is 9.98. The lowest BCUT2D eigenvalue weighted by Gasteiger charge is -2.18. The number of ether oxygens (including phenoxy) is 4. The van der Waals surface area contributed by atoms with Crippen molar-refractivity contribution in [3.63, 3.8) is 0 Å². The third kappa shape index (κ3) is 5.97. The molecule has 0 radical (unpaired) electrons. The largest absolute Gasteiger partial charge is 0.496 e. The predicted molar refractivity (Wildman–Crippen MR) is 142 cm³/mol. The van der Waals surface area contributed by atoms with Gasteiger partial charge >= 0.3 is 0 Å². The molecule has 0 saturated heterocycles. The van der Waals surface area contributed by atoms with Crippen molar-refractivity contribution in [1.29, 1.82) is 0 Å². The third-order valence-electron chi connectivity index (χ3n) is 6.02. The number of nitrogens with two attached hydrogens (primary N) is 2. The molecule has 4 rings (SSSR count). The Hall–Kier alpha value is -4.00. The van der Waals surface area contributed by atoms with Gasteiger partial charge < -0.3 is 30.4 Å². The van der Waals surface area contributed by atoms with Gasteiger partial charge in [0.2, 0.25) is 0 Å². The Kier molecular flexibility index (Phi) is 8.44. The zero-order chi connectivity index (χ0) is 25.3. The Bertz CT molecular complexity index is 1150. The second-order valence-electron chi connectivity index (χ2n) is 8.28. The van der Waals surface area contributed by atoms with E-state index in [2.05, 4.69) is 0 Å². The van der Waals surface area contributed by atoms with Crippen molar-refractivity contribution in [2.24, 2.45) is 11.5 Å². The molecular weight excluding hydrogens is 452 g/mol. The maximum atomic E-state index is 6.46. The first-order chi connectivity index (χ1) is 17.6. The minimum atomic E-state index is -0.286. The highest BCUT2D eigenvalue weighted by atomic mass is 16.5. The van der Waals surface area contributed by atoms with Gasteiger partial charge in [-0.15, -0.1) is 0 Å². The van der Waals surface area contributed by atoms with Crippen LogP contribution in [0.2, 0.25) is 0 Å². The normalized spacial score (nSPS) is 12.4. The molecule has 36 heavy (non-hydrogen) atoms. The summed E-state index contributed by atoms with van der Waals surface area (Å²) in [5.41, 5.74) is 16.7. The number of hydrogen-bond acceptors (Lipinski definition) is 6. The van der Waals surface area contributed by atoms with Crippen LogP contribution in [-0.4, -0.2) is 27.4 Å². The van der Waals surface area contributed by atoms with Gasteiger partial charge in [-0.05, 0) is 35.4 Å². The summed E-state index contributed by atoms with van der Waals surface area (Å²) in [4.78, 5) is 0. The van der Waals surface area contributed by atoms with Crippen molar-refractivity contribution in [1.82, 2.24) is 0 Å². The average molecular weight is 485 g/mol. The monoisotopic (exact) mass is 484 g/mol. The van der Waals surface area contributed by atoms with Crippen LogP contribution in [0.1, 0.15) is 34.3 Å². The summed E-state index contributed by atoms with van der Waals surface area (Å²) >= 11 is 0. The highest BCUT2D eigenvalue weighted by molar-refractivity contribution is 5.47. The second kappa shape index (κ2) is 12.1. The molecule has 0 amide bonds. The molecule has 0 spiro atoms. The molecule has 0 saturated carbocycles. The Morgan fingerprint density at radius 2 is 0.944 bits per heavy atom. The first kappa shape index (κ1) is 25.1. The number of benzene rings is 4. The fraction of sp³-hybridized carbons (Fsp3) is 0.200. The predicted octanol–water partition coefficient (Wildman–Crippen LogP) is 5.26. The van der Waals surface area contributed by atoms with E-state index in [0.717, 1.165) is 22.3 Å². The zero-order valence-corrected chi connectivity index (χ0v) is 20.6. The van der Waals surface area contributed by atoms with Gasteiger partial charge in [0.1, 0.15) is 36.2 Å². The molecule has 4 aromatic carbocycles. The van der Waals surface area contributed by atoms with Gasteiger partial charge in [0.15, 0.2) is 0 Å². The molecule has 4 N–H and O–H groups in total. The maximum Gasteiger partial charge on any atom is 0.127 e. The van der Waals surface area contributed by atoms with E-state index in [-0.39, 0.29) is 12.1 Å². The first-order valence-electron chi connectivity index (χ1n) is 11.8. The van der Waals surface area contributed by atoms with E-state index in [4.69, 9.17) is 30.4 Å². The standard InChI is InChI=1S/C30H32N2O4/c1-33-27-19-23(13-15-25(27)29(31)21-9-5-3-6-10-21)35-17-18-36-24-14-16-26(28(20-24)34-2)30(32)22-11-7-4-8-12-22/h3-16,19-20,29-30H,17-18,31-32H2,1-2H3. The second-order valence-corrected chi connectivity index (χ2v) is 8.28. The molecule has 0 aliphatic rings. The highest BCUT2D eigenvalue weighted by Gasteiger charge is 2.16. The summed E-state index contributed by atoms with van der Waals surface area (Å²) in [5.74, 6) is 2.72. The SMILES string of the molecule is COc1cc(OCCOc2ccc(C(N)c3ccccc3)c(OC)c2)ccc1C(N)c1ccccc1. The summed E-state index contributed by atoms with van der Waals surface area (Å²) in [6.45, 7) is 0.724. The zero-order valence-electron chi connectivity index (χ0n) is 20.6.